The standard InChI is InChI=1S/C14H19NO3S/c1-11-7-15(8-12(9-16)18-11)14(17)10-19-13-5-3-2-4-6-13/h2-6,11-12,16H,7-10H2,1H3. The molecule has 2 atom stereocenters. The van der Waals surface area contributed by atoms with Crippen LogP contribution in [0.25, 0.3) is 0 Å². The molecule has 0 saturated carbocycles. The highest BCUT2D eigenvalue weighted by Crippen LogP contribution is 2.19. The van der Waals surface area contributed by atoms with Crippen LogP contribution in [0.2, 0.25) is 0 Å². The van der Waals surface area contributed by atoms with Gasteiger partial charge in [0.1, 0.15) is 0 Å². The number of morpholine rings is 1. The number of carbonyl (C=O) groups excluding carboxylic acids is 1. The lowest BCUT2D eigenvalue weighted by molar-refractivity contribution is -0.144. The molecule has 0 radical (unpaired) electrons. The van der Waals surface area contributed by atoms with Crippen molar-refractivity contribution in [3.63, 3.8) is 0 Å². The van der Waals surface area contributed by atoms with E-state index in [2.05, 4.69) is 0 Å². The zero-order valence-corrected chi connectivity index (χ0v) is 11.8. The van der Waals surface area contributed by atoms with Crippen LogP contribution in [0, 0.1) is 0 Å². The Bertz CT molecular complexity index is 412. The highest BCUT2D eigenvalue weighted by Gasteiger charge is 2.27. The van der Waals surface area contributed by atoms with Gasteiger partial charge in [0.2, 0.25) is 5.91 Å². The second-order valence-corrected chi connectivity index (χ2v) is 5.70. The monoisotopic (exact) mass is 281 g/mol. The van der Waals surface area contributed by atoms with E-state index in [1.807, 2.05) is 37.3 Å². The van der Waals surface area contributed by atoms with Crippen molar-refractivity contribution < 1.29 is 14.6 Å². The minimum absolute atomic E-state index is 0.0171. The Morgan fingerprint density at radius 2 is 2.16 bits per heavy atom. The summed E-state index contributed by atoms with van der Waals surface area (Å²) in [5.41, 5.74) is 0. The topological polar surface area (TPSA) is 49.8 Å². The maximum atomic E-state index is 12.1. The summed E-state index contributed by atoms with van der Waals surface area (Å²) in [7, 11) is 0. The zero-order valence-electron chi connectivity index (χ0n) is 11.0. The molecule has 1 aromatic carbocycles. The number of carbonyl (C=O) groups is 1. The smallest absolute Gasteiger partial charge is 0.233 e. The third-order valence-corrected chi connectivity index (χ3v) is 3.98. The number of aliphatic hydroxyl groups is 1. The van der Waals surface area contributed by atoms with Gasteiger partial charge >= 0.3 is 0 Å². The van der Waals surface area contributed by atoms with Crippen LogP contribution in [0.5, 0.6) is 0 Å². The molecule has 19 heavy (non-hydrogen) atoms. The third kappa shape index (κ3) is 4.23. The molecule has 1 aliphatic rings. The Balaban J connectivity index is 1.85. The van der Waals surface area contributed by atoms with Gasteiger partial charge in [-0.2, -0.15) is 0 Å². The molecular formula is C14H19NO3S. The van der Waals surface area contributed by atoms with E-state index in [4.69, 9.17) is 9.84 Å². The molecule has 2 unspecified atom stereocenters. The van der Waals surface area contributed by atoms with Gasteiger partial charge in [-0.3, -0.25) is 4.79 Å². The van der Waals surface area contributed by atoms with Crippen LogP contribution in [-0.2, 0) is 9.53 Å². The van der Waals surface area contributed by atoms with Gasteiger partial charge in [-0.25, -0.2) is 0 Å². The number of hydrogen-bond donors (Lipinski definition) is 1. The molecule has 1 heterocycles. The summed E-state index contributed by atoms with van der Waals surface area (Å²) in [6, 6.07) is 9.88. The van der Waals surface area contributed by atoms with Gasteiger partial charge < -0.3 is 14.7 Å². The Morgan fingerprint density at radius 3 is 2.84 bits per heavy atom. The largest absolute Gasteiger partial charge is 0.394 e. The molecule has 0 spiro atoms. The van der Waals surface area contributed by atoms with Crippen LogP contribution in [0.15, 0.2) is 35.2 Å². The van der Waals surface area contributed by atoms with Crippen LogP contribution >= 0.6 is 11.8 Å². The molecule has 1 fully saturated rings. The molecule has 1 aromatic rings. The van der Waals surface area contributed by atoms with Gasteiger partial charge in [0.05, 0.1) is 24.6 Å². The Labute approximate surface area is 117 Å². The third-order valence-electron chi connectivity index (χ3n) is 2.99. The molecule has 104 valence electrons. The maximum Gasteiger partial charge on any atom is 0.233 e. The molecule has 5 heteroatoms. The fourth-order valence-corrected chi connectivity index (χ4v) is 2.93. The summed E-state index contributed by atoms with van der Waals surface area (Å²) in [6.07, 6.45) is -0.272. The summed E-state index contributed by atoms with van der Waals surface area (Å²) in [6.45, 7) is 2.96. The first-order valence-electron chi connectivity index (χ1n) is 6.41. The van der Waals surface area contributed by atoms with Crippen molar-refractivity contribution in [2.75, 3.05) is 25.4 Å². The van der Waals surface area contributed by atoms with E-state index in [1.54, 1.807) is 4.90 Å². The SMILES string of the molecule is CC1CN(C(=O)CSc2ccccc2)CC(CO)O1. The fourth-order valence-electron chi connectivity index (χ4n) is 2.10. The van der Waals surface area contributed by atoms with Crippen molar-refractivity contribution in [2.24, 2.45) is 0 Å². The molecule has 2 rings (SSSR count). The van der Waals surface area contributed by atoms with Crippen molar-refractivity contribution >= 4 is 17.7 Å². The zero-order chi connectivity index (χ0) is 13.7. The normalized spacial score (nSPS) is 23.4. The summed E-state index contributed by atoms with van der Waals surface area (Å²) < 4.78 is 5.53. The number of nitrogens with zero attached hydrogens (tertiary/aromatic N) is 1. The van der Waals surface area contributed by atoms with Crippen LogP contribution < -0.4 is 0 Å². The van der Waals surface area contributed by atoms with E-state index < -0.39 is 0 Å². The average molecular weight is 281 g/mol. The number of ether oxygens (including phenoxy) is 1. The van der Waals surface area contributed by atoms with Crippen molar-refractivity contribution in [2.45, 2.75) is 24.0 Å². The number of aliphatic hydroxyl groups excluding tert-OH is 1. The summed E-state index contributed by atoms with van der Waals surface area (Å²) in [5, 5.41) is 9.15. The quantitative estimate of drug-likeness (QED) is 0.847. The molecule has 0 aromatic heterocycles. The maximum absolute atomic E-state index is 12.1. The van der Waals surface area contributed by atoms with Gasteiger partial charge in [0.25, 0.3) is 0 Å². The molecule has 4 nitrogen and oxygen atoms in total. The van der Waals surface area contributed by atoms with Gasteiger partial charge in [-0.1, -0.05) is 18.2 Å². The molecule has 1 aliphatic heterocycles. The van der Waals surface area contributed by atoms with Crippen LogP contribution in [-0.4, -0.2) is 53.6 Å². The van der Waals surface area contributed by atoms with Gasteiger partial charge in [0.15, 0.2) is 0 Å². The Kier molecular flexibility index (Phi) is 5.24. The number of benzene rings is 1. The van der Waals surface area contributed by atoms with Gasteiger partial charge in [-0.05, 0) is 19.1 Å². The fraction of sp³-hybridized carbons (Fsp3) is 0.500. The summed E-state index contributed by atoms with van der Waals surface area (Å²) in [5.74, 6) is 0.525. The van der Waals surface area contributed by atoms with E-state index in [0.29, 0.717) is 18.8 Å². The summed E-state index contributed by atoms with van der Waals surface area (Å²) >= 11 is 1.54. The molecule has 1 amide bonds. The number of amides is 1. The van der Waals surface area contributed by atoms with E-state index in [9.17, 15) is 4.79 Å². The molecule has 0 aliphatic carbocycles. The number of rotatable bonds is 4. The minimum Gasteiger partial charge on any atom is -0.394 e. The van der Waals surface area contributed by atoms with Gasteiger partial charge in [0, 0.05) is 18.0 Å². The predicted octanol–water partition coefficient (Wildman–Crippen LogP) is 1.39. The number of thioether (sulfide) groups is 1. The van der Waals surface area contributed by atoms with Crippen LogP contribution in [0.3, 0.4) is 0 Å². The molecule has 1 N–H and O–H groups in total. The van der Waals surface area contributed by atoms with Crippen LogP contribution in [0.4, 0.5) is 0 Å². The van der Waals surface area contributed by atoms with Crippen molar-refractivity contribution in [1.29, 1.82) is 0 Å². The van der Waals surface area contributed by atoms with Crippen LogP contribution in [0.1, 0.15) is 6.92 Å². The molecule has 0 bridgehead atoms. The minimum atomic E-state index is -0.255. The lowest BCUT2D eigenvalue weighted by atomic mass is 10.2. The van der Waals surface area contributed by atoms with Gasteiger partial charge in [-0.15, -0.1) is 11.8 Å². The highest BCUT2D eigenvalue weighted by molar-refractivity contribution is 8.00. The summed E-state index contributed by atoms with van der Waals surface area (Å²) in [4.78, 5) is 15.0. The van der Waals surface area contributed by atoms with Crippen molar-refractivity contribution in [3.05, 3.63) is 30.3 Å². The Hall–Kier alpha value is -1.04. The number of hydrogen-bond acceptors (Lipinski definition) is 4. The first-order chi connectivity index (χ1) is 9.19. The van der Waals surface area contributed by atoms with E-state index in [1.165, 1.54) is 11.8 Å². The van der Waals surface area contributed by atoms with Crippen molar-refractivity contribution in [1.82, 2.24) is 4.90 Å². The van der Waals surface area contributed by atoms with E-state index >= 15 is 0 Å². The van der Waals surface area contributed by atoms with E-state index in [0.717, 1.165) is 4.90 Å². The molecular weight excluding hydrogens is 262 g/mol. The predicted molar refractivity (Wildman–Crippen MR) is 75.2 cm³/mol. The lowest BCUT2D eigenvalue weighted by Crippen LogP contribution is -2.50. The first kappa shape index (κ1) is 14.4. The highest BCUT2D eigenvalue weighted by atomic mass is 32.2. The first-order valence-corrected chi connectivity index (χ1v) is 7.39. The van der Waals surface area contributed by atoms with E-state index in [-0.39, 0.29) is 24.7 Å². The second-order valence-electron chi connectivity index (χ2n) is 4.65. The second kappa shape index (κ2) is 6.93. The Morgan fingerprint density at radius 1 is 1.42 bits per heavy atom. The molecule has 1 saturated heterocycles. The lowest BCUT2D eigenvalue weighted by Gasteiger charge is -2.36. The average Bonchev–Trinajstić information content (AvgIpc) is 2.45. The van der Waals surface area contributed by atoms with Crippen molar-refractivity contribution in [3.8, 4) is 0 Å².